The number of rotatable bonds is 8. The first-order valence-electron chi connectivity index (χ1n) is 8.05. The lowest BCUT2D eigenvalue weighted by Crippen LogP contribution is -2.32. The summed E-state index contributed by atoms with van der Waals surface area (Å²) in [5.74, 6) is 1.62. The van der Waals surface area contributed by atoms with Crippen molar-refractivity contribution in [3.05, 3.63) is 46.4 Å². The minimum Gasteiger partial charge on any atom is -0.490 e. The molecule has 0 saturated carbocycles. The molecule has 0 atom stereocenters. The van der Waals surface area contributed by atoms with E-state index in [1.165, 1.54) is 0 Å². The summed E-state index contributed by atoms with van der Waals surface area (Å²) >= 11 is 11.8. The number of nitrogens with one attached hydrogen (secondary N) is 2. The summed E-state index contributed by atoms with van der Waals surface area (Å²) in [7, 11) is 0. The summed E-state index contributed by atoms with van der Waals surface area (Å²) in [5.41, 5.74) is 0.568. The van der Waals surface area contributed by atoms with Crippen molar-refractivity contribution in [2.45, 2.75) is 13.8 Å². The fraction of sp³-hybridized carbons (Fsp3) is 0.278. The fourth-order valence-electron chi connectivity index (χ4n) is 2.08. The van der Waals surface area contributed by atoms with E-state index in [9.17, 15) is 4.79 Å². The Balaban J connectivity index is 1.89. The molecular weight excluding hydrogens is 379 g/mol. The molecule has 0 spiro atoms. The summed E-state index contributed by atoms with van der Waals surface area (Å²) in [5, 5.41) is 6.15. The van der Waals surface area contributed by atoms with E-state index in [-0.39, 0.29) is 6.73 Å². The highest BCUT2D eigenvalue weighted by Gasteiger charge is 2.09. The Morgan fingerprint density at radius 1 is 0.923 bits per heavy atom. The van der Waals surface area contributed by atoms with Crippen LogP contribution in [0, 0.1) is 0 Å². The van der Waals surface area contributed by atoms with Crippen molar-refractivity contribution in [3.63, 3.8) is 0 Å². The maximum absolute atomic E-state index is 12.0. The molecule has 2 aromatic rings. The molecule has 26 heavy (non-hydrogen) atoms. The van der Waals surface area contributed by atoms with Gasteiger partial charge in [-0.3, -0.25) is 0 Å². The zero-order valence-electron chi connectivity index (χ0n) is 14.5. The molecule has 8 heteroatoms. The van der Waals surface area contributed by atoms with Crippen molar-refractivity contribution < 1.29 is 19.0 Å². The maximum atomic E-state index is 12.0. The van der Waals surface area contributed by atoms with E-state index in [2.05, 4.69) is 10.6 Å². The zero-order valence-corrected chi connectivity index (χ0v) is 16.0. The van der Waals surface area contributed by atoms with E-state index in [0.29, 0.717) is 46.2 Å². The van der Waals surface area contributed by atoms with Crippen LogP contribution in [0.1, 0.15) is 13.8 Å². The molecule has 2 rings (SSSR count). The number of carbonyl (C=O) groups excluding carboxylic acids is 1. The maximum Gasteiger partial charge on any atom is 0.321 e. The van der Waals surface area contributed by atoms with E-state index in [4.69, 9.17) is 37.4 Å². The van der Waals surface area contributed by atoms with E-state index in [0.717, 1.165) is 0 Å². The summed E-state index contributed by atoms with van der Waals surface area (Å²) in [6.07, 6.45) is 0. The predicted molar refractivity (Wildman–Crippen MR) is 103 cm³/mol. The van der Waals surface area contributed by atoms with Gasteiger partial charge in [0.1, 0.15) is 5.75 Å². The molecule has 2 N–H and O–H groups in total. The SMILES string of the molecule is CCOc1ccc(NC(=O)NCOc2ccc(Cl)cc2Cl)cc1OCC. The Morgan fingerprint density at radius 2 is 1.62 bits per heavy atom. The first kappa shape index (κ1) is 20.0. The van der Waals surface area contributed by atoms with Crippen molar-refractivity contribution in [2.24, 2.45) is 0 Å². The van der Waals surface area contributed by atoms with Crippen LogP contribution < -0.4 is 24.8 Å². The number of amides is 2. The van der Waals surface area contributed by atoms with E-state index in [1.54, 1.807) is 36.4 Å². The van der Waals surface area contributed by atoms with Gasteiger partial charge in [-0.1, -0.05) is 23.2 Å². The van der Waals surface area contributed by atoms with Crippen LogP contribution in [0.4, 0.5) is 10.5 Å². The second-order valence-electron chi connectivity index (χ2n) is 5.02. The number of benzene rings is 2. The van der Waals surface area contributed by atoms with Crippen LogP contribution in [0.5, 0.6) is 17.2 Å². The van der Waals surface area contributed by atoms with Crippen molar-refractivity contribution in [1.82, 2.24) is 5.32 Å². The molecular formula is C18H20Cl2N2O4. The number of hydrogen-bond acceptors (Lipinski definition) is 4. The van der Waals surface area contributed by atoms with Crippen molar-refractivity contribution >= 4 is 34.9 Å². The van der Waals surface area contributed by atoms with Gasteiger partial charge in [-0.2, -0.15) is 0 Å². The van der Waals surface area contributed by atoms with Crippen LogP contribution >= 0.6 is 23.2 Å². The molecule has 140 valence electrons. The molecule has 0 aliphatic carbocycles. The first-order chi connectivity index (χ1) is 12.5. The Kier molecular flexibility index (Phi) is 7.69. The summed E-state index contributed by atoms with van der Waals surface area (Å²) in [6, 6.07) is 9.58. The largest absolute Gasteiger partial charge is 0.490 e. The monoisotopic (exact) mass is 398 g/mol. The number of anilines is 1. The van der Waals surface area contributed by atoms with E-state index in [1.807, 2.05) is 13.8 Å². The van der Waals surface area contributed by atoms with Gasteiger partial charge in [-0.15, -0.1) is 0 Å². The average molecular weight is 399 g/mol. The van der Waals surface area contributed by atoms with Gasteiger partial charge in [-0.25, -0.2) is 4.79 Å². The highest BCUT2D eigenvalue weighted by Crippen LogP contribution is 2.30. The van der Waals surface area contributed by atoms with Gasteiger partial charge < -0.3 is 24.8 Å². The highest BCUT2D eigenvalue weighted by molar-refractivity contribution is 6.35. The summed E-state index contributed by atoms with van der Waals surface area (Å²) in [6.45, 7) is 4.73. The fourth-order valence-corrected chi connectivity index (χ4v) is 2.54. The smallest absolute Gasteiger partial charge is 0.321 e. The number of carbonyl (C=O) groups is 1. The second-order valence-corrected chi connectivity index (χ2v) is 5.87. The highest BCUT2D eigenvalue weighted by atomic mass is 35.5. The third-order valence-electron chi connectivity index (χ3n) is 3.16. The Hall–Kier alpha value is -2.31. The molecule has 0 unspecified atom stereocenters. The molecule has 0 heterocycles. The van der Waals surface area contributed by atoms with Crippen molar-refractivity contribution in [2.75, 3.05) is 25.3 Å². The lowest BCUT2D eigenvalue weighted by molar-refractivity contribution is 0.234. The van der Waals surface area contributed by atoms with Gasteiger partial charge in [0.2, 0.25) is 0 Å². The minimum absolute atomic E-state index is 0.0530. The number of hydrogen-bond donors (Lipinski definition) is 2. The minimum atomic E-state index is -0.429. The van der Waals surface area contributed by atoms with Gasteiger partial charge in [0.15, 0.2) is 18.2 Å². The molecule has 0 aliphatic rings. The molecule has 2 amide bonds. The lowest BCUT2D eigenvalue weighted by Gasteiger charge is -2.14. The first-order valence-corrected chi connectivity index (χ1v) is 8.81. The predicted octanol–water partition coefficient (Wildman–Crippen LogP) is 4.95. The molecule has 0 saturated heterocycles. The Labute approximate surface area is 162 Å². The molecule has 0 bridgehead atoms. The number of urea groups is 1. The Bertz CT molecular complexity index is 756. The van der Waals surface area contributed by atoms with Gasteiger partial charge in [0.25, 0.3) is 0 Å². The van der Waals surface area contributed by atoms with Crippen LogP contribution in [0.3, 0.4) is 0 Å². The van der Waals surface area contributed by atoms with Crippen LogP contribution in [-0.2, 0) is 0 Å². The van der Waals surface area contributed by atoms with Gasteiger partial charge in [0.05, 0.1) is 18.2 Å². The number of ether oxygens (including phenoxy) is 3. The zero-order chi connectivity index (χ0) is 18.9. The van der Waals surface area contributed by atoms with Gasteiger partial charge in [0, 0.05) is 16.8 Å². The van der Waals surface area contributed by atoms with Crippen LogP contribution in [0.25, 0.3) is 0 Å². The van der Waals surface area contributed by atoms with Crippen LogP contribution in [0.2, 0.25) is 10.0 Å². The summed E-state index contributed by atoms with van der Waals surface area (Å²) < 4.78 is 16.4. The van der Waals surface area contributed by atoms with Crippen LogP contribution in [0.15, 0.2) is 36.4 Å². The molecule has 0 aromatic heterocycles. The van der Waals surface area contributed by atoms with Crippen molar-refractivity contribution in [1.29, 1.82) is 0 Å². The molecule has 6 nitrogen and oxygen atoms in total. The lowest BCUT2D eigenvalue weighted by atomic mass is 10.2. The quantitative estimate of drug-likeness (QED) is 0.617. The molecule has 0 radical (unpaired) electrons. The molecule has 0 aliphatic heterocycles. The van der Waals surface area contributed by atoms with Gasteiger partial charge in [-0.05, 0) is 44.2 Å². The topological polar surface area (TPSA) is 68.8 Å². The molecule has 2 aromatic carbocycles. The van der Waals surface area contributed by atoms with Crippen molar-refractivity contribution in [3.8, 4) is 17.2 Å². The average Bonchev–Trinajstić information content (AvgIpc) is 2.59. The third kappa shape index (κ3) is 5.89. The molecule has 0 fully saturated rings. The Morgan fingerprint density at radius 3 is 2.31 bits per heavy atom. The van der Waals surface area contributed by atoms with E-state index < -0.39 is 6.03 Å². The summed E-state index contributed by atoms with van der Waals surface area (Å²) in [4.78, 5) is 12.0. The second kappa shape index (κ2) is 9.99. The van der Waals surface area contributed by atoms with E-state index >= 15 is 0 Å². The standard InChI is InChI=1S/C18H20Cl2N2O4/c1-3-24-16-8-6-13(10-17(16)25-4-2)22-18(23)21-11-26-15-7-5-12(19)9-14(15)20/h5-10H,3-4,11H2,1-2H3,(H2,21,22,23). The third-order valence-corrected chi connectivity index (χ3v) is 3.69. The van der Waals surface area contributed by atoms with Gasteiger partial charge >= 0.3 is 6.03 Å². The van der Waals surface area contributed by atoms with Crippen LogP contribution in [-0.4, -0.2) is 26.0 Å². The normalized spacial score (nSPS) is 10.2. The number of halogens is 2.